The average molecular weight is 365 g/mol. The fourth-order valence-electron chi connectivity index (χ4n) is 4.01. The molecule has 1 aromatic carbocycles. The Balaban J connectivity index is 1.79. The van der Waals surface area contributed by atoms with Crippen LogP contribution >= 0.6 is 0 Å². The third-order valence-electron chi connectivity index (χ3n) is 6.33. The number of hydrogen-bond donors (Lipinski definition) is 0. The minimum absolute atomic E-state index is 0.133. The number of nitrogens with zero attached hydrogens (tertiary/aromatic N) is 1. The van der Waals surface area contributed by atoms with Crippen molar-refractivity contribution in [3.05, 3.63) is 63.6 Å². The molecule has 1 aromatic heterocycles. The van der Waals surface area contributed by atoms with Gasteiger partial charge in [-0.3, -0.25) is 4.79 Å². The Labute approximate surface area is 161 Å². The van der Waals surface area contributed by atoms with Crippen LogP contribution in [0.1, 0.15) is 57.2 Å². The number of hydrogen-bond acceptors (Lipinski definition) is 3. The van der Waals surface area contributed by atoms with Crippen molar-refractivity contribution in [1.29, 1.82) is 0 Å². The lowest BCUT2D eigenvalue weighted by Gasteiger charge is -2.32. The molecule has 4 rings (SSSR count). The number of aromatic nitrogens is 1. The largest absolute Gasteiger partial charge is 0.496 e. The summed E-state index contributed by atoms with van der Waals surface area (Å²) in [5.74, 6) is 0. The minimum Gasteiger partial charge on any atom is -0.399 e. The summed E-state index contributed by atoms with van der Waals surface area (Å²) < 4.78 is 14.5. The van der Waals surface area contributed by atoms with E-state index in [0.29, 0.717) is 6.54 Å². The molecular formula is C22H28BNO3. The second kappa shape index (κ2) is 6.64. The normalized spacial score (nSPS) is 20.5. The van der Waals surface area contributed by atoms with Gasteiger partial charge < -0.3 is 13.9 Å². The van der Waals surface area contributed by atoms with Gasteiger partial charge in [-0.2, -0.15) is 0 Å². The van der Waals surface area contributed by atoms with Gasteiger partial charge >= 0.3 is 7.12 Å². The summed E-state index contributed by atoms with van der Waals surface area (Å²) in [5, 5.41) is 0. The molecule has 5 heteroatoms. The molecule has 2 aromatic rings. The van der Waals surface area contributed by atoms with Gasteiger partial charge in [-0.05, 0) is 64.5 Å². The Morgan fingerprint density at radius 3 is 2.19 bits per heavy atom. The van der Waals surface area contributed by atoms with Gasteiger partial charge in [0.1, 0.15) is 0 Å². The van der Waals surface area contributed by atoms with Crippen LogP contribution in [-0.2, 0) is 28.7 Å². The molecule has 4 nitrogen and oxygen atoms in total. The van der Waals surface area contributed by atoms with E-state index < -0.39 is 7.12 Å². The van der Waals surface area contributed by atoms with Crippen molar-refractivity contribution in [1.82, 2.24) is 4.57 Å². The molecule has 1 aliphatic carbocycles. The van der Waals surface area contributed by atoms with Gasteiger partial charge in [-0.25, -0.2) is 0 Å². The molecule has 1 aliphatic heterocycles. The Bertz CT molecular complexity index is 886. The van der Waals surface area contributed by atoms with Crippen LogP contribution < -0.4 is 11.0 Å². The monoisotopic (exact) mass is 365 g/mol. The SMILES string of the molecule is CC1(C)OB(c2cn(Cc3ccccc3)c(=O)c3c2CCCC3)OC1(C)C. The molecule has 2 aliphatic rings. The van der Waals surface area contributed by atoms with Crippen molar-refractivity contribution < 1.29 is 9.31 Å². The van der Waals surface area contributed by atoms with Crippen molar-refractivity contribution in [2.45, 2.75) is 71.1 Å². The molecule has 0 atom stereocenters. The minimum atomic E-state index is -0.426. The van der Waals surface area contributed by atoms with Crippen LogP contribution in [0.5, 0.6) is 0 Å². The van der Waals surface area contributed by atoms with Gasteiger partial charge in [-0.15, -0.1) is 0 Å². The average Bonchev–Trinajstić information content (AvgIpc) is 2.86. The lowest BCUT2D eigenvalue weighted by molar-refractivity contribution is 0.00578. The zero-order valence-electron chi connectivity index (χ0n) is 16.7. The number of rotatable bonds is 3. The van der Waals surface area contributed by atoms with E-state index >= 15 is 0 Å². The second-order valence-electron chi connectivity index (χ2n) is 8.76. The van der Waals surface area contributed by atoms with Crippen LogP contribution in [0.3, 0.4) is 0 Å². The lowest BCUT2D eigenvalue weighted by atomic mass is 9.73. The summed E-state index contributed by atoms with van der Waals surface area (Å²) in [5.41, 5.74) is 3.60. The predicted octanol–water partition coefficient (Wildman–Crippen LogP) is 3.07. The van der Waals surface area contributed by atoms with Crippen LogP contribution in [-0.4, -0.2) is 22.9 Å². The Morgan fingerprint density at radius 1 is 0.963 bits per heavy atom. The van der Waals surface area contributed by atoms with Crippen molar-refractivity contribution in [3.8, 4) is 0 Å². The summed E-state index contributed by atoms with van der Waals surface area (Å²) in [6, 6.07) is 10.1. The number of pyridine rings is 1. The lowest BCUT2D eigenvalue weighted by Crippen LogP contribution is -2.43. The Kier molecular flexibility index (Phi) is 4.56. The van der Waals surface area contributed by atoms with E-state index in [0.717, 1.165) is 47.8 Å². The van der Waals surface area contributed by atoms with Gasteiger partial charge in [0, 0.05) is 17.2 Å². The molecular weight excluding hydrogens is 337 g/mol. The summed E-state index contributed by atoms with van der Waals surface area (Å²) in [6.07, 6.45) is 5.93. The third kappa shape index (κ3) is 3.28. The zero-order chi connectivity index (χ0) is 19.2. The maximum atomic E-state index is 13.1. The van der Waals surface area contributed by atoms with E-state index in [4.69, 9.17) is 9.31 Å². The highest BCUT2D eigenvalue weighted by molar-refractivity contribution is 6.62. The molecule has 1 saturated heterocycles. The first kappa shape index (κ1) is 18.5. The molecule has 1 fully saturated rings. The van der Waals surface area contributed by atoms with Crippen LogP contribution in [0.15, 0.2) is 41.3 Å². The maximum absolute atomic E-state index is 13.1. The molecule has 0 amide bonds. The first-order valence-electron chi connectivity index (χ1n) is 9.93. The first-order valence-corrected chi connectivity index (χ1v) is 9.93. The van der Waals surface area contributed by atoms with Crippen molar-refractivity contribution in [3.63, 3.8) is 0 Å². The molecule has 0 bridgehead atoms. The molecule has 2 heterocycles. The highest BCUT2D eigenvalue weighted by Gasteiger charge is 2.52. The highest BCUT2D eigenvalue weighted by Crippen LogP contribution is 2.37. The summed E-state index contributed by atoms with van der Waals surface area (Å²) in [6.45, 7) is 8.84. The van der Waals surface area contributed by atoms with Crippen LogP contribution in [0.4, 0.5) is 0 Å². The second-order valence-corrected chi connectivity index (χ2v) is 8.76. The van der Waals surface area contributed by atoms with E-state index in [2.05, 4.69) is 39.8 Å². The smallest absolute Gasteiger partial charge is 0.399 e. The first-order chi connectivity index (χ1) is 12.8. The Hall–Kier alpha value is -1.85. The predicted molar refractivity (Wildman–Crippen MR) is 109 cm³/mol. The van der Waals surface area contributed by atoms with Crippen LogP contribution in [0.2, 0.25) is 0 Å². The van der Waals surface area contributed by atoms with E-state index in [1.165, 1.54) is 0 Å². The van der Waals surface area contributed by atoms with E-state index in [9.17, 15) is 4.79 Å². The molecule has 0 N–H and O–H groups in total. The number of fused-ring (bicyclic) bond motifs is 1. The maximum Gasteiger partial charge on any atom is 0.496 e. The van der Waals surface area contributed by atoms with Crippen LogP contribution in [0.25, 0.3) is 0 Å². The Morgan fingerprint density at radius 2 is 1.56 bits per heavy atom. The van der Waals surface area contributed by atoms with Crippen molar-refractivity contribution in [2.75, 3.05) is 0 Å². The topological polar surface area (TPSA) is 40.5 Å². The summed E-state index contributed by atoms with van der Waals surface area (Å²) in [7, 11) is -0.426. The highest BCUT2D eigenvalue weighted by atomic mass is 16.7. The zero-order valence-corrected chi connectivity index (χ0v) is 16.7. The quantitative estimate of drug-likeness (QED) is 0.785. The molecule has 0 unspecified atom stereocenters. The molecule has 0 radical (unpaired) electrons. The standard InChI is InChI=1S/C22H28BNO3/c1-21(2)22(3,4)27-23(26-21)19-15-24(14-16-10-6-5-7-11-16)20(25)18-13-9-8-12-17(18)19/h5-7,10-11,15H,8-9,12-14H2,1-4H3. The van der Waals surface area contributed by atoms with Gasteiger partial charge in [0.25, 0.3) is 5.56 Å². The van der Waals surface area contributed by atoms with Gasteiger partial charge in [-0.1, -0.05) is 30.3 Å². The third-order valence-corrected chi connectivity index (χ3v) is 6.33. The molecule has 0 spiro atoms. The van der Waals surface area contributed by atoms with Crippen LogP contribution in [0, 0.1) is 0 Å². The molecule has 27 heavy (non-hydrogen) atoms. The van der Waals surface area contributed by atoms with Gasteiger partial charge in [0.15, 0.2) is 0 Å². The summed E-state index contributed by atoms with van der Waals surface area (Å²) >= 11 is 0. The van der Waals surface area contributed by atoms with E-state index in [-0.39, 0.29) is 16.8 Å². The van der Waals surface area contributed by atoms with Crippen molar-refractivity contribution >= 4 is 12.6 Å². The van der Waals surface area contributed by atoms with E-state index in [1.54, 1.807) is 0 Å². The fraction of sp³-hybridized carbons (Fsp3) is 0.500. The van der Waals surface area contributed by atoms with Gasteiger partial charge in [0.05, 0.1) is 17.7 Å². The number of benzene rings is 1. The van der Waals surface area contributed by atoms with Gasteiger partial charge in [0.2, 0.25) is 0 Å². The summed E-state index contributed by atoms with van der Waals surface area (Å²) in [4.78, 5) is 13.1. The van der Waals surface area contributed by atoms with E-state index in [1.807, 2.05) is 29.0 Å². The van der Waals surface area contributed by atoms with Crippen molar-refractivity contribution in [2.24, 2.45) is 0 Å². The molecule has 142 valence electrons. The molecule has 0 saturated carbocycles. The fourth-order valence-corrected chi connectivity index (χ4v) is 4.01.